The molecule has 0 aliphatic heterocycles. The predicted molar refractivity (Wildman–Crippen MR) is 35.9 cm³/mol. The number of carbonyl (C=O) groups excluding carboxylic acids is 1. The van der Waals surface area contributed by atoms with E-state index in [1.54, 1.807) is 0 Å². The summed E-state index contributed by atoms with van der Waals surface area (Å²) in [6, 6.07) is 0. The summed E-state index contributed by atoms with van der Waals surface area (Å²) >= 11 is 0. The van der Waals surface area contributed by atoms with Gasteiger partial charge in [0.15, 0.2) is 0 Å². The van der Waals surface area contributed by atoms with Gasteiger partial charge in [0.1, 0.15) is 0 Å². The fourth-order valence-electron chi connectivity index (χ4n) is 0.301. The van der Waals surface area contributed by atoms with Crippen LogP contribution in [0.5, 0.6) is 0 Å². The van der Waals surface area contributed by atoms with Crippen molar-refractivity contribution in [1.29, 1.82) is 0 Å². The Hall–Kier alpha value is -0.920. The highest BCUT2D eigenvalue weighted by Crippen LogP contribution is 2.04. The molecule has 11 heavy (non-hydrogen) atoms. The predicted octanol–water partition coefficient (Wildman–Crippen LogP) is -1.77. The van der Waals surface area contributed by atoms with Crippen molar-refractivity contribution in [3.63, 3.8) is 0 Å². The SMILES string of the molecule is C=C(C(N)=O)C(O)S(=O)(=O)O. The number of nitrogens with two attached hydrogens (primary N) is 1. The summed E-state index contributed by atoms with van der Waals surface area (Å²) in [7, 11) is -4.69. The van der Waals surface area contributed by atoms with Crippen LogP contribution in [-0.2, 0) is 14.9 Å². The Morgan fingerprint density at radius 2 is 1.91 bits per heavy atom. The first kappa shape index (κ1) is 10.1. The van der Waals surface area contributed by atoms with Crippen LogP contribution in [0, 0.1) is 0 Å². The van der Waals surface area contributed by atoms with Crippen LogP contribution in [0.1, 0.15) is 0 Å². The molecule has 1 atom stereocenters. The third-order valence-corrected chi connectivity index (χ3v) is 1.75. The van der Waals surface area contributed by atoms with Gasteiger partial charge in [-0.3, -0.25) is 9.35 Å². The van der Waals surface area contributed by atoms with Gasteiger partial charge in [0.25, 0.3) is 10.1 Å². The number of hydrogen-bond acceptors (Lipinski definition) is 4. The quantitative estimate of drug-likeness (QED) is 0.352. The van der Waals surface area contributed by atoms with E-state index in [-0.39, 0.29) is 0 Å². The van der Waals surface area contributed by atoms with E-state index >= 15 is 0 Å². The van der Waals surface area contributed by atoms with Gasteiger partial charge in [0.05, 0.1) is 5.57 Å². The Balaban J connectivity index is 4.66. The van der Waals surface area contributed by atoms with Crippen LogP contribution in [0.3, 0.4) is 0 Å². The van der Waals surface area contributed by atoms with Crippen LogP contribution in [0.15, 0.2) is 12.2 Å². The molecule has 0 spiro atoms. The Bertz CT molecular complexity index is 279. The minimum absolute atomic E-state index is 0.771. The lowest BCUT2D eigenvalue weighted by molar-refractivity contribution is -0.115. The molecule has 0 rings (SSSR count). The van der Waals surface area contributed by atoms with E-state index in [4.69, 9.17) is 9.66 Å². The van der Waals surface area contributed by atoms with Gasteiger partial charge in [-0.15, -0.1) is 0 Å². The van der Waals surface area contributed by atoms with Gasteiger partial charge in [-0.1, -0.05) is 6.58 Å². The van der Waals surface area contributed by atoms with Gasteiger partial charge in [0, 0.05) is 0 Å². The third-order valence-electron chi connectivity index (χ3n) is 0.897. The molecule has 0 aromatic rings. The van der Waals surface area contributed by atoms with Crippen molar-refractivity contribution >= 4 is 16.0 Å². The molecule has 0 aromatic heterocycles. The van der Waals surface area contributed by atoms with Gasteiger partial charge in [-0.25, -0.2) is 0 Å². The molecule has 64 valence electrons. The van der Waals surface area contributed by atoms with Crippen LogP contribution >= 0.6 is 0 Å². The molecule has 0 aliphatic carbocycles. The van der Waals surface area contributed by atoms with Gasteiger partial charge in [-0.2, -0.15) is 8.42 Å². The number of aliphatic hydroxyl groups is 1. The molecule has 6 nitrogen and oxygen atoms in total. The Morgan fingerprint density at radius 1 is 1.55 bits per heavy atom. The summed E-state index contributed by atoms with van der Waals surface area (Å²) in [5.41, 5.74) is 1.46. The van der Waals surface area contributed by atoms with Crippen molar-refractivity contribution < 1.29 is 22.9 Å². The zero-order chi connectivity index (χ0) is 9.23. The molecule has 1 unspecified atom stereocenters. The highest BCUT2D eigenvalue weighted by Gasteiger charge is 2.25. The van der Waals surface area contributed by atoms with Crippen molar-refractivity contribution in [2.24, 2.45) is 5.73 Å². The monoisotopic (exact) mass is 181 g/mol. The van der Waals surface area contributed by atoms with Crippen LogP contribution in [0.4, 0.5) is 0 Å². The second-order valence-electron chi connectivity index (χ2n) is 1.76. The van der Waals surface area contributed by atoms with E-state index in [0.717, 1.165) is 0 Å². The van der Waals surface area contributed by atoms with Crippen LogP contribution in [-0.4, -0.2) is 29.4 Å². The lowest BCUT2D eigenvalue weighted by atomic mass is 10.3. The highest BCUT2D eigenvalue weighted by molar-refractivity contribution is 7.86. The van der Waals surface area contributed by atoms with Crippen LogP contribution in [0.25, 0.3) is 0 Å². The first-order valence-electron chi connectivity index (χ1n) is 2.39. The van der Waals surface area contributed by atoms with Crippen molar-refractivity contribution in [3.8, 4) is 0 Å². The van der Waals surface area contributed by atoms with Crippen LogP contribution in [0.2, 0.25) is 0 Å². The smallest absolute Gasteiger partial charge is 0.296 e. The summed E-state index contributed by atoms with van der Waals surface area (Å²) in [5, 5.41) is 8.59. The van der Waals surface area contributed by atoms with Crippen molar-refractivity contribution in [3.05, 3.63) is 12.2 Å². The number of rotatable bonds is 3. The summed E-state index contributed by atoms with van der Waals surface area (Å²) in [4.78, 5) is 10.2. The Labute approximate surface area is 63.1 Å². The summed E-state index contributed by atoms with van der Waals surface area (Å²) < 4.78 is 28.4. The minimum Gasteiger partial charge on any atom is -0.371 e. The number of aliphatic hydroxyl groups excluding tert-OH is 1. The molecule has 0 aromatic carbocycles. The molecule has 7 heteroatoms. The van der Waals surface area contributed by atoms with E-state index in [2.05, 4.69) is 12.3 Å². The Kier molecular flexibility index (Phi) is 2.74. The Morgan fingerprint density at radius 3 is 2.00 bits per heavy atom. The maximum Gasteiger partial charge on any atom is 0.296 e. The highest BCUT2D eigenvalue weighted by atomic mass is 32.2. The molecule has 0 fully saturated rings. The number of amides is 1. The molecule has 0 radical (unpaired) electrons. The molecular formula is C4H7NO5S. The van der Waals surface area contributed by atoms with E-state index in [1.807, 2.05) is 0 Å². The van der Waals surface area contributed by atoms with Crippen LogP contribution < -0.4 is 5.73 Å². The number of primary amides is 1. The molecule has 0 saturated carbocycles. The lowest BCUT2D eigenvalue weighted by Crippen LogP contribution is -2.29. The zero-order valence-corrected chi connectivity index (χ0v) is 6.21. The number of hydrogen-bond donors (Lipinski definition) is 3. The van der Waals surface area contributed by atoms with E-state index < -0.39 is 27.0 Å². The molecule has 1 amide bonds. The summed E-state index contributed by atoms with van der Waals surface area (Å²) in [5.74, 6) is -1.19. The average molecular weight is 181 g/mol. The molecule has 0 heterocycles. The first-order valence-corrected chi connectivity index (χ1v) is 3.90. The van der Waals surface area contributed by atoms with Gasteiger partial charge < -0.3 is 10.8 Å². The molecule has 0 saturated heterocycles. The second kappa shape index (κ2) is 2.99. The van der Waals surface area contributed by atoms with Gasteiger partial charge >= 0.3 is 0 Å². The van der Waals surface area contributed by atoms with Gasteiger partial charge in [0.2, 0.25) is 11.3 Å². The fourth-order valence-corrected chi connectivity index (χ4v) is 0.777. The topological polar surface area (TPSA) is 118 Å². The zero-order valence-electron chi connectivity index (χ0n) is 5.39. The molecule has 0 bridgehead atoms. The average Bonchev–Trinajstić information content (AvgIpc) is 1.82. The normalized spacial score (nSPS) is 14.0. The first-order chi connectivity index (χ1) is 4.76. The van der Waals surface area contributed by atoms with Crippen molar-refractivity contribution in [2.45, 2.75) is 5.44 Å². The van der Waals surface area contributed by atoms with E-state index in [0.29, 0.717) is 0 Å². The largest absolute Gasteiger partial charge is 0.371 e. The molecule has 4 N–H and O–H groups in total. The second-order valence-corrected chi connectivity index (χ2v) is 3.23. The summed E-state index contributed by atoms with van der Waals surface area (Å²) in [6.45, 7) is 2.86. The fraction of sp³-hybridized carbons (Fsp3) is 0.250. The van der Waals surface area contributed by atoms with Crippen molar-refractivity contribution in [1.82, 2.24) is 0 Å². The summed E-state index contributed by atoms with van der Waals surface area (Å²) in [6.07, 6.45) is 0. The molecule has 0 aliphatic rings. The maximum absolute atomic E-state index is 10.2. The number of carbonyl (C=O) groups is 1. The minimum atomic E-state index is -4.69. The van der Waals surface area contributed by atoms with Gasteiger partial charge in [-0.05, 0) is 0 Å². The lowest BCUT2D eigenvalue weighted by Gasteiger charge is -2.05. The van der Waals surface area contributed by atoms with E-state index in [1.165, 1.54) is 0 Å². The standard InChI is InChI=1S/C4H7NO5S/c1-2(3(5)6)4(7)11(8,9)10/h4,7H,1H2,(H2,5,6)(H,8,9,10). The molecular weight excluding hydrogens is 174 g/mol. The van der Waals surface area contributed by atoms with Crippen molar-refractivity contribution in [2.75, 3.05) is 0 Å². The maximum atomic E-state index is 10.2. The third kappa shape index (κ3) is 2.66. The van der Waals surface area contributed by atoms with E-state index in [9.17, 15) is 13.2 Å².